The second-order valence-corrected chi connectivity index (χ2v) is 5.71. The van der Waals surface area contributed by atoms with Crippen molar-refractivity contribution >= 4 is 0 Å². The molecule has 0 bridgehead atoms. The van der Waals surface area contributed by atoms with Crippen LogP contribution in [-0.2, 0) is 0 Å². The van der Waals surface area contributed by atoms with Gasteiger partial charge >= 0.3 is 0 Å². The Morgan fingerprint density at radius 2 is 1.16 bits per heavy atom. The Morgan fingerprint density at radius 1 is 0.560 bits per heavy atom. The maximum Gasteiger partial charge on any atom is 0.165 e. The minimum Gasteiger partial charge on any atom is -0.264 e. The molecule has 4 nitrogen and oxygen atoms in total. The summed E-state index contributed by atoms with van der Waals surface area (Å²) in [4.78, 5) is 17.7. The van der Waals surface area contributed by atoms with E-state index < -0.39 is 0 Å². The number of nitrogens with zero attached hydrogens (tertiary/aromatic N) is 4. The van der Waals surface area contributed by atoms with Gasteiger partial charge in [-0.2, -0.15) is 0 Å². The van der Waals surface area contributed by atoms with Gasteiger partial charge in [-0.1, -0.05) is 54.6 Å². The molecule has 120 valence electrons. The molecule has 0 spiro atoms. The molecule has 2 aromatic carbocycles. The maximum atomic E-state index is 4.61. The van der Waals surface area contributed by atoms with Gasteiger partial charge in [0, 0.05) is 23.5 Å². The van der Waals surface area contributed by atoms with Crippen LogP contribution in [0.5, 0.6) is 0 Å². The maximum absolute atomic E-state index is 4.61. The molecular weight excluding hydrogens is 308 g/mol. The Morgan fingerprint density at radius 3 is 1.84 bits per heavy atom. The summed E-state index contributed by atoms with van der Waals surface area (Å²) >= 11 is 0. The minimum absolute atomic E-state index is 0.641. The monoisotopic (exact) mass is 324 g/mol. The van der Waals surface area contributed by atoms with E-state index in [1.807, 2.05) is 49.4 Å². The molecule has 0 saturated carbocycles. The first-order valence-electron chi connectivity index (χ1n) is 8.08. The van der Waals surface area contributed by atoms with Gasteiger partial charge in [0.25, 0.3) is 0 Å². The number of hydrogen-bond donors (Lipinski definition) is 0. The molecule has 0 atom stereocenters. The zero-order chi connectivity index (χ0) is 17.1. The zero-order valence-electron chi connectivity index (χ0n) is 13.8. The Hall–Kier alpha value is -3.40. The van der Waals surface area contributed by atoms with E-state index >= 15 is 0 Å². The molecule has 2 heterocycles. The Bertz CT molecular complexity index is 981. The summed E-state index contributed by atoms with van der Waals surface area (Å²) in [5.41, 5.74) is 4.21. The van der Waals surface area contributed by atoms with Crippen LogP contribution in [0.25, 0.3) is 33.9 Å². The van der Waals surface area contributed by atoms with Crippen molar-refractivity contribution in [3.05, 3.63) is 84.9 Å². The molecular formula is C21H16N4. The molecule has 0 aliphatic heterocycles. The SMILES string of the molecule is Cc1nc(-c2ccc(-c3ccccc3)cc2)nc(-c2cccnc2)n1. The topological polar surface area (TPSA) is 51.6 Å². The molecule has 0 amide bonds. The summed E-state index contributed by atoms with van der Waals surface area (Å²) in [6, 6.07) is 22.4. The molecule has 2 aromatic heterocycles. The van der Waals surface area contributed by atoms with Gasteiger partial charge in [-0.25, -0.2) is 15.0 Å². The number of aromatic nitrogens is 4. The van der Waals surface area contributed by atoms with Crippen molar-refractivity contribution in [1.29, 1.82) is 0 Å². The highest BCUT2D eigenvalue weighted by Crippen LogP contribution is 2.24. The van der Waals surface area contributed by atoms with Crippen molar-refractivity contribution in [3.8, 4) is 33.9 Å². The third kappa shape index (κ3) is 3.28. The predicted molar refractivity (Wildman–Crippen MR) is 98.7 cm³/mol. The van der Waals surface area contributed by atoms with E-state index in [2.05, 4.69) is 44.2 Å². The number of rotatable bonds is 3. The van der Waals surface area contributed by atoms with Gasteiger partial charge in [-0.3, -0.25) is 4.98 Å². The van der Waals surface area contributed by atoms with Gasteiger partial charge in [0.1, 0.15) is 5.82 Å². The predicted octanol–water partition coefficient (Wildman–Crippen LogP) is 4.58. The van der Waals surface area contributed by atoms with Crippen LogP contribution >= 0.6 is 0 Å². The summed E-state index contributed by atoms with van der Waals surface area (Å²) in [7, 11) is 0. The molecule has 0 fully saturated rings. The van der Waals surface area contributed by atoms with Crippen molar-refractivity contribution in [2.75, 3.05) is 0 Å². The fourth-order valence-electron chi connectivity index (χ4n) is 2.68. The van der Waals surface area contributed by atoms with Crippen molar-refractivity contribution in [1.82, 2.24) is 19.9 Å². The van der Waals surface area contributed by atoms with Crippen molar-refractivity contribution in [2.24, 2.45) is 0 Å². The summed E-state index contributed by atoms with van der Waals surface area (Å²) in [6.07, 6.45) is 3.50. The third-order valence-corrected chi connectivity index (χ3v) is 3.92. The van der Waals surface area contributed by atoms with E-state index in [-0.39, 0.29) is 0 Å². The van der Waals surface area contributed by atoms with Crippen LogP contribution in [0.15, 0.2) is 79.1 Å². The molecule has 0 aliphatic rings. The molecule has 4 aromatic rings. The van der Waals surface area contributed by atoms with E-state index in [4.69, 9.17) is 0 Å². The summed E-state index contributed by atoms with van der Waals surface area (Å²) in [5.74, 6) is 2.00. The van der Waals surface area contributed by atoms with E-state index in [0.717, 1.165) is 11.1 Å². The van der Waals surface area contributed by atoms with Gasteiger partial charge in [0.05, 0.1) is 0 Å². The summed E-state index contributed by atoms with van der Waals surface area (Å²) in [6.45, 7) is 1.88. The van der Waals surface area contributed by atoms with Crippen LogP contribution < -0.4 is 0 Å². The highest BCUT2D eigenvalue weighted by molar-refractivity contribution is 5.68. The first kappa shape index (κ1) is 15.1. The zero-order valence-corrected chi connectivity index (χ0v) is 13.8. The Kier molecular flexibility index (Phi) is 4.01. The van der Waals surface area contributed by atoms with Crippen LogP contribution in [0, 0.1) is 6.92 Å². The molecule has 4 rings (SSSR count). The van der Waals surface area contributed by atoms with Crippen LogP contribution in [0.1, 0.15) is 5.82 Å². The highest BCUT2D eigenvalue weighted by atomic mass is 15.0. The quantitative estimate of drug-likeness (QED) is 0.553. The standard InChI is InChI=1S/C21H16N4/c1-15-23-20(25-21(24-15)19-8-5-13-22-14-19)18-11-9-17(10-12-18)16-6-3-2-4-7-16/h2-14H,1H3. The summed E-state index contributed by atoms with van der Waals surface area (Å²) in [5, 5.41) is 0. The van der Waals surface area contributed by atoms with Crippen LogP contribution in [0.3, 0.4) is 0 Å². The summed E-state index contributed by atoms with van der Waals surface area (Å²) < 4.78 is 0. The number of benzene rings is 2. The number of aryl methyl sites for hydroxylation is 1. The van der Waals surface area contributed by atoms with Gasteiger partial charge in [0.2, 0.25) is 0 Å². The number of hydrogen-bond acceptors (Lipinski definition) is 4. The lowest BCUT2D eigenvalue weighted by Gasteiger charge is -2.07. The molecule has 0 saturated heterocycles. The second-order valence-electron chi connectivity index (χ2n) is 5.71. The molecule has 25 heavy (non-hydrogen) atoms. The van der Waals surface area contributed by atoms with Crippen molar-refractivity contribution in [2.45, 2.75) is 6.92 Å². The highest BCUT2D eigenvalue weighted by Gasteiger charge is 2.09. The van der Waals surface area contributed by atoms with Crippen molar-refractivity contribution < 1.29 is 0 Å². The van der Waals surface area contributed by atoms with Crippen molar-refractivity contribution in [3.63, 3.8) is 0 Å². The second kappa shape index (κ2) is 6.61. The molecule has 4 heteroatoms. The molecule has 0 unspecified atom stereocenters. The Balaban J connectivity index is 1.71. The van der Waals surface area contributed by atoms with Crippen LogP contribution in [0.2, 0.25) is 0 Å². The number of pyridine rings is 1. The largest absolute Gasteiger partial charge is 0.264 e. The molecule has 0 aliphatic carbocycles. The van der Waals surface area contributed by atoms with Gasteiger partial charge in [-0.15, -0.1) is 0 Å². The van der Waals surface area contributed by atoms with Crippen LogP contribution in [0.4, 0.5) is 0 Å². The van der Waals surface area contributed by atoms with Gasteiger partial charge in [0.15, 0.2) is 11.6 Å². The molecule has 0 N–H and O–H groups in total. The third-order valence-electron chi connectivity index (χ3n) is 3.92. The normalized spacial score (nSPS) is 10.6. The Labute approximate surface area is 146 Å². The average Bonchev–Trinajstić information content (AvgIpc) is 2.69. The van der Waals surface area contributed by atoms with Gasteiger partial charge in [-0.05, 0) is 30.2 Å². The van der Waals surface area contributed by atoms with E-state index in [1.165, 1.54) is 11.1 Å². The van der Waals surface area contributed by atoms with Crippen LogP contribution in [-0.4, -0.2) is 19.9 Å². The van der Waals surface area contributed by atoms with Gasteiger partial charge < -0.3 is 0 Å². The smallest absolute Gasteiger partial charge is 0.165 e. The fourth-order valence-corrected chi connectivity index (χ4v) is 2.68. The first-order valence-corrected chi connectivity index (χ1v) is 8.08. The fraction of sp³-hybridized carbons (Fsp3) is 0.0476. The lowest BCUT2D eigenvalue weighted by molar-refractivity contribution is 0.990. The van der Waals surface area contributed by atoms with E-state index in [0.29, 0.717) is 17.5 Å². The lowest BCUT2D eigenvalue weighted by Crippen LogP contribution is -1.99. The molecule has 0 radical (unpaired) electrons. The lowest BCUT2D eigenvalue weighted by atomic mass is 10.0. The minimum atomic E-state index is 0.641. The van der Waals surface area contributed by atoms with E-state index in [9.17, 15) is 0 Å². The first-order chi connectivity index (χ1) is 12.3. The van der Waals surface area contributed by atoms with E-state index in [1.54, 1.807) is 12.4 Å². The average molecular weight is 324 g/mol.